The lowest BCUT2D eigenvalue weighted by molar-refractivity contribution is 0.0966. The Kier molecular flexibility index (Phi) is 3.56. The van der Waals surface area contributed by atoms with Crippen LogP contribution in [0.15, 0.2) is 0 Å². The number of aryl methyl sites for hydroxylation is 1. The Balaban J connectivity index is 2.19. The molecule has 0 bridgehead atoms. The van der Waals surface area contributed by atoms with Crippen LogP contribution in [0.25, 0.3) is 0 Å². The van der Waals surface area contributed by atoms with Crippen molar-refractivity contribution >= 4 is 17.2 Å². The summed E-state index contributed by atoms with van der Waals surface area (Å²) < 4.78 is 0. The Labute approximate surface area is 99.5 Å². The van der Waals surface area contributed by atoms with Crippen molar-refractivity contribution in [3.8, 4) is 0 Å². The predicted molar refractivity (Wildman–Crippen MR) is 65.1 cm³/mol. The molecule has 1 aliphatic rings. The summed E-state index contributed by atoms with van der Waals surface area (Å²) in [4.78, 5) is 16.8. The Morgan fingerprint density at radius 2 is 2.44 bits per heavy atom. The summed E-state index contributed by atoms with van der Waals surface area (Å²) in [6.07, 6.45) is 2.37. The van der Waals surface area contributed by atoms with E-state index in [-0.39, 0.29) is 5.91 Å². The lowest BCUT2D eigenvalue weighted by Gasteiger charge is -2.20. The van der Waals surface area contributed by atoms with Crippen LogP contribution >= 0.6 is 11.3 Å². The largest absolute Gasteiger partial charge is 0.354 e. The summed E-state index contributed by atoms with van der Waals surface area (Å²) >= 11 is 1.54. The van der Waals surface area contributed by atoms with Crippen LogP contribution in [0.5, 0.6) is 0 Å². The van der Waals surface area contributed by atoms with Gasteiger partial charge in [-0.05, 0) is 26.3 Å². The summed E-state index contributed by atoms with van der Waals surface area (Å²) in [6.45, 7) is 3.99. The molecule has 4 nitrogen and oxygen atoms in total. The van der Waals surface area contributed by atoms with E-state index in [1.165, 1.54) is 24.2 Å². The van der Waals surface area contributed by atoms with Gasteiger partial charge in [0.2, 0.25) is 0 Å². The Morgan fingerprint density at radius 1 is 1.62 bits per heavy atom. The zero-order valence-corrected chi connectivity index (χ0v) is 10.5. The molecule has 0 unspecified atom stereocenters. The van der Waals surface area contributed by atoms with Gasteiger partial charge < -0.3 is 10.6 Å². The van der Waals surface area contributed by atoms with Gasteiger partial charge in [-0.25, -0.2) is 4.98 Å². The van der Waals surface area contributed by atoms with Crippen LogP contribution in [0.4, 0.5) is 0 Å². The molecule has 88 valence electrons. The van der Waals surface area contributed by atoms with Gasteiger partial charge in [0.05, 0.1) is 10.7 Å². The number of hydrogen-bond donors (Lipinski definition) is 2. The van der Waals surface area contributed by atoms with Crippen molar-refractivity contribution in [2.24, 2.45) is 0 Å². The summed E-state index contributed by atoms with van der Waals surface area (Å²) in [7, 11) is 1.66. The minimum atomic E-state index is -0.0231. The Morgan fingerprint density at radius 3 is 3.06 bits per heavy atom. The molecule has 0 spiro atoms. The molecule has 1 fully saturated rings. The fraction of sp³-hybridized carbons (Fsp3) is 0.636. The first kappa shape index (κ1) is 11.5. The van der Waals surface area contributed by atoms with E-state index in [0.29, 0.717) is 5.92 Å². The Hall–Kier alpha value is -0.940. The second-order valence-electron chi connectivity index (χ2n) is 4.09. The van der Waals surface area contributed by atoms with E-state index in [1.807, 2.05) is 6.92 Å². The van der Waals surface area contributed by atoms with Gasteiger partial charge in [0, 0.05) is 19.5 Å². The van der Waals surface area contributed by atoms with Gasteiger partial charge in [0.15, 0.2) is 0 Å². The molecule has 0 aromatic carbocycles. The Bertz CT molecular complexity index is 383. The van der Waals surface area contributed by atoms with Gasteiger partial charge in [0.1, 0.15) is 4.88 Å². The van der Waals surface area contributed by atoms with Crippen molar-refractivity contribution in [1.82, 2.24) is 15.6 Å². The summed E-state index contributed by atoms with van der Waals surface area (Å²) in [5, 5.41) is 7.13. The topological polar surface area (TPSA) is 54.0 Å². The van der Waals surface area contributed by atoms with Crippen LogP contribution in [-0.4, -0.2) is 31.0 Å². The zero-order chi connectivity index (χ0) is 11.5. The van der Waals surface area contributed by atoms with Gasteiger partial charge in [0.25, 0.3) is 5.91 Å². The minimum absolute atomic E-state index is 0.0231. The molecule has 1 aliphatic heterocycles. The van der Waals surface area contributed by atoms with E-state index < -0.39 is 0 Å². The molecular weight excluding hydrogens is 222 g/mol. The molecule has 1 amide bonds. The van der Waals surface area contributed by atoms with E-state index in [2.05, 4.69) is 15.6 Å². The highest BCUT2D eigenvalue weighted by molar-refractivity contribution is 7.13. The SMILES string of the molecule is CNC(=O)c1sc([C@H]2CCCNC2)nc1C. The first-order valence-corrected chi connectivity index (χ1v) is 6.44. The number of amides is 1. The standard InChI is InChI=1S/C11H17N3OS/c1-7-9(10(15)12-2)16-11(14-7)8-4-3-5-13-6-8/h8,13H,3-6H2,1-2H3,(H,12,15)/t8-/m0/s1. The summed E-state index contributed by atoms with van der Waals surface area (Å²) in [6, 6.07) is 0. The number of nitrogens with zero attached hydrogens (tertiary/aromatic N) is 1. The molecule has 1 atom stereocenters. The minimum Gasteiger partial charge on any atom is -0.354 e. The third kappa shape index (κ3) is 2.25. The fourth-order valence-electron chi connectivity index (χ4n) is 1.98. The third-order valence-electron chi connectivity index (χ3n) is 2.89. The molecule has 1 saturated heterocycles. The van der Waals surface area contributed by atoms with Gasteiger partial charge in [-0.3, -0.25) is 4.79 Å². The lowest BCUT2D eigenvalue weighted by atomic mass is 10.0. The van der Waals surface area contributed by atoms with Crippen molar-refractivity contribution in [1.29, 1.82) is 0 Å². The van der Waals surface area contributed by atoms with Crippen LogP contribution in [0, 0.1) is 6.92 Å². The third-order valence-corrected chi connectivity index (χ3v) is 4.21. The molecule has 0 radical (unpaired) electrons. The second kappa shape index (κ2) is 4.93. The molecule has 0 aliphatic carbocycles. The van der Waals surface area contributed by atoms with Crippen LogP contribution in [-0.2, 0) is 0 Å². The molecule has 5 heteroatoms. The van der Waals surface area contributed by atoms with Crippen molar-refractivity contribution < 1.29 is 4.79 Å². The average Bonchev–Trinajstić information content (AvgIpc) is 2.71. The number of carbonyl (C=O) groups excluding carboxylic acids is 1. The molecule has 0 saturated carbocycles. The molecule has 2 rings (SSSR count). The number of carbonyl (C=O) groups is 1. The predicted octanol–water partition coefficient (Wildman–Crippen LogP) is 1.28. The van der Waals surface area contributed by atoms with Crippen LogP contribution < -0.4 is 10.6 Å². The maximum atomic E-state index is 11.6. The highest BCUT2D eigenvalue weighted by atomic mass is 32.1. The van der Waals surface area contributed by atoms with E-state index in [1.54, 1.807) is 7.05 Å². The monoisotopic (exact) mass is 239 g/mol. The summed E-state index contributed by atoms with van der Waals surface area (Å²) in [5.74, 6) is 0.459. The quantitative estimate of drug-likeness (QED) is 0.817. The first-order valence-electron chi connectivity index (χ1n) is 5.62. The molecule has 2 heterocycles. The van der Waals surface area contributed by atoms with Crippen molar-refractivity contribution in [3.05, 3.63) is 15.6 Å². The van der Waals surface area contributed by atoms with Crippen LogP contribution in [0.3, 0.4) is 0 Å². The van der Waals surface area contributed by atoms with Crippen molar-refractivity contribution in [3.63, 3.8) is 0 Å². The van der Waals surface area contributed by atoms with E-state index in [9.17, 15) is 4.79 Å². The molecule has 1 aromatic heterocycles. The number of piperidine rings is 1. The smallest absolute Gasteiger partial charge is 0.263 e. The van der Waals surface area contributed by atoms with Crippen molar-refractivity contribution in [2.45, 2.75) is 25.7 Å². The van der Waals surface area contributed by atoms with Crippen LogP contribution in [0.1, 0.15) is 39.1 Å². The zero-order valence-electron chi connectivity index (χ0n) is 9.67. The normalized spacial score (nSPS) is 20.8. The number of nitrogens with one attached hydrogen (secondary N) is 2. The number of hydrogen-bond acceptors (Lipinski definition) is 4. The maximum Gasteiger partial charge on any atom is 0.263 e. The van der Waals surface area contributed by atoms with Crippen LogP contribution in [0.2, 0.25) is 0 Å². The number of rotatable bonds is 2. The van der Waals surface area contributed by atoms with Crippen molar-refractivity contribution in [2.75, 3.05) is 20.1 Å². The fourth-order valence-corrected chi connectivity index (χ4v) is 3.13. The molecular formula is C11H17N3OS. The molecule has 16 heavy (non-hydrogen) atoms. The van der Waals surface area contributed by atoms with Gasteiger partial charge in [-0.1, -0.05) is 0 Å². The number of aromatic nitrogens is 1. The van der Waals surface area contributed by atoms with Gasteiger partial charge in [-0.2, -0.15) is 0 Å². The van der Waals surface area contributed by atoms with Gasteiger partial charge >= 0.3 is 0 Å². The lowest BCUT2D eigenvalue weighted by Crippen LogP contribution is -2.28. The first-order chi connectivity index (χ1) is 7.72. The average molecular weight is 239 g/mol. The molecule has 1 aromatic rings. The van der Waals surface area contributed by atoms with E-state index in [4.69, 9.17) is 0 Å². The summed E-state index contributed by atoms with van der Waals surface area (Å²) in [5.41, 5.74) is 0.852. The van der Waals surface area contributed by atoms with E-state index in [0.717, 1.165) is 28.7 Å². The maximum absolute atomic E-state index is 11.6. The van der Waals surface area contributed by atoms with E-state index >= 15 is 0 Å². The highest BCUT2D eigenvalue weighted by Crippen LogP contribution is 2.29. The second-order valence-corrected chi connectivity index (χ2v) is 5.12. The number of thiazole rings is 1. The molecule has 2 N–H and O–H groups in total. The highest BCUT2D eigenvalue weighted by Gasteiger charge is 2.21. The van der Waals surface area contributed by atoms with Gasteiger partial charge in [-0.15, -0.1) is 11.3 Å².